The van der Waals surface area contributed by atoms with E-state index in [4.69, 9.17) is 4.52 Å². The number of aryl methyl sites for hydroxylation is 2. The number of halogens is 1. The maximum Gasteiger partial charge on any atom is 0.256 e. The first kappa shape index (κ1) is 18.3. The van der Waals surface area contributed by atoms with Crippen molar-refractivity contribution in [2.75, 3.05) is 13.1 Å². The third kappa shape index (κ3) is 3.52. The Morgan fingerprint density at radius 2 is 1.96 bits per heavy atom. The molecule has 3 heterocycles. The number of aromatic nitrogens is 3. The van der Waals surface area contributed by atoms with Gasteiger partial charge < -0.3 is 9.42 Å². The zero-order chi connectivity index (χ0) is 19.7. The maximum absolute atomic E-state index is 13.9. The topological polar surface area (TPSA) is 72.1 Å². The smallest absolute Gasteiger partial charge is 0.256 e. The van der Waals surface area contributed by atoms with Gasteiger partial charge in [-0.1, -0.05) is 17.3 Å². The summed E-state index contributed by atoms with van der Waals surface area (Å²) < 4.78 is 19.4. The quantitative estimate of drug-likeness (QED) is 0.689. The van der Waals surface area contributed by atoms with Gasteiger partial charge in [0.05, 0.1) is 22.5 Å². The highest BCUT2D eigenvalue weighted by molar-refractivity contribution is 5.94. The third-order valence-electron chi connectivity index (χ3n) is 5.11. The van der Waals surface area contributed by atoms with Crippen molar-refractivity contribution in [2.24, 2.45) is 0 Å². The van der Waals surface area contributed by atoms with Crippen molar-refractivity contribution in [3.63, 3.8) is 0 Å². The first-order valence-electron chi connectivity index (χ1n) is 9.34. The number of hydrogen-bond donors (Lipinski definition) is 0. The number of carbonyl (C=O) groups excluding carboxylic acids is 1. The second-order valence-electron chi connectivity index (χ2n) is 7.09. The van der Waals surface area contributed by atoms with E-state index in [0.717, 1.165) is 29.8 Å². The normalized spacial score (nSPS) is 15.0. The van der Waals surface area contributed by atoms with Crippen molar-refractivity contribution in [1.82, 2.24) is 20.0 Å². The Hall–Kier alpha value is -3.09. The summed E-state index contributed by atoms with van der Waals surface area (Å²) in [6, 6.07) is 7.98. The molecule has 0 bridgehead atoms. The van der Waals surface area contributed by atoms with Crippen LogP contribution in [0.1, 0.15) is 46.3 Å². The highest BCUT2D eigenvalue weighted by atomic mass is 19.1. The van der Waals surface area contributed by atoms with Gasteiger partial charge in [0.2, 0.25) is 0 Å². The van der Waals surface area contributed by atoms with Crippen molar-refractivity contribution in [3.8, 4) is 11.3 Å². The minimum Gasteiger partial charge on any atom is -0.356 e. The molecule has 0 radical (unpaired) electrons. The van der Waals surface area contributed by atoms with Crippen molar-refractivity contribution >= 4 is 5.91 Å². The zero-order valence-corrected chi connectivity index (χ0v) is 15.9. The van der Waals surface area contributed by atoms with Crippen LogP contribution in [-0.2, 0) is 0 Å². The van der Waals surface area contributed by atoms with Gasteiger partial charge in [0.15, 0.2) is 5.76 Å². The Morgan fingerprint density at radius 3 is 2.64 bits per heavy atom. The summed E-state index contributed by atoms with van der Waals surface area (Å²) in [5.74, 6) is 0.773. The highest BCUT2D eigenvalue weighted by Gasteiger charge is 2.29. The molecule has 1 aliphatic rings. The molecule has 0 N–H and O–H groups in total. The number of likely N-dealkylation sites (tertiary alicyclic amines) is 1. The van der Waals surface area contributed by atoms with E-state index in [1.165, 1.54) is 12.1 Å². The molecule has 7 heteroatoms. The number of carbonyl (C=O) groups is 1. The van der Waals surface area contributed by atoms with Crippen molar-refractivity contribution in [3.05, 3.63) is 65.1 Å². The van der Waals surface area contributed by atoms with Gasteiger partial charge in [-0.15, -0.1) is 0 Å². The van der Waals surface area contributed by atoms with Crippen LogP contribution < -0.4 is 0 Å². The molecular weight excluding hydrogens is 359 g/mol. The number of piperidine rings is 1. The fraction of sp³-hybridized carbons (Fsp3) is 0.333. The van der Waals surface area contributed by atoms with Crippen molar-refractivity contribution in [1.29, 1.82) is 0 Å². The molecule has 0 atom stereocenters. The fourth-order valence-corrected chi connectivity index (χ4v) is 3.64. The predicted octanol–water partition coefficient (Wildman–Crippen LogP) is 3.91. The Balaban J connectivity index is 1.54. The van der Waals surface area contributed by atoms with Gasteiger partial charge in [-0.05, 0) is 38.8 Å². The van der Waals surface area contributed by atoms with Crippen molar-refractivity contribution in [2.45, 2.75) is 32.6 Å². The third-order valence-corrected chi connectivity index (χ3v) is 5.11. The number of hydrogen-bond acceptors (Lipinski definition) is 5. The molecule has 1 fully saturated rings. The number of nitrogens with zero attached hydrogens (tertiary/aromatic N) is 4. The van der Waals surface area contributed by atoms with E-state index in [9.17, 15) is 9.18 Å². The van der Waals surface area contributed by atoms with Gasteiger partial charge >= 0.3 is 0 Å². The lowest BCUT2D eigenvalue weighted by Crippen LogP contribution is -2.38. The molecule has 0 spiro atoms. The summed E-state index contributed by atoms with van der Waals surface area (Å²) in [6.45, 7) is 4.83. The molecule has 4 rings (SSSR count). The van der Waals surface area contributed by atoms with Crippen LogP contribution >= 0.6 is 0 Å². The van der Waals surface area contributed by atoms with Gasteiger partial charge in [-0.25, -0.2) is 14.4 Å². The van der Waals surface area contributed by atoms with Gasteiger partial charge in [-0.3, -0.25) is 4.79 Å². The molecule has 1 amide bonds. The van der Waals surface area contributed by atoms with Crippen LogP contribution in [0.2, 0.25) is 0 Å². The maximum atomic E-state index is 13.9. The number of amides is 1. The number of benzene rings is 1. The molecule has 1 aromatic carbocycles. The molecule has 6 nitrogen and oxygen atoms in total. The monoisotopic (exact) mass is 380 g/mol. The molecule has 144 valence electrons. The summed E-state index contributed by atoms with van der Waals surface area (Å²) in [5.41, 5.74) is 2.68. The minimum absolute atomic E-state index is 0.122. The molecule has 3 aromatic rings. The first-order valence-corrected chi connectivity index (χ1v) is 9.34. The van der Waals surface area contributed by atoms with Crippen molar-refractivity contribution < 1.29 is 13.7 Å². The Bertz CT molecular complexity index is 1010. The lowest BCUT2D eigenvalue weighted by molar-refractivity contribution is 0.0707. The Labute approximate surface area is 162 Å². The second kappa shape index (κ2) is 7.50. The standard InChI is InChI=1S/C21H21FN4O2/c1-13-11-19(28-25-13)17-12-23-14(2)24-20(17)15-7-9-26(10-8-15)21(27)16-5-3-4-6-18(16)22/h3-6,11-12,15H,7-10H2,1-2H3. The van der Waals surface area contributed by atoms with E-state index in [1.54, 1.807) is 23.2 Å². The van der Waals surface area contributed by atoms with E-state index in [2.05, 4.69) is 15.1 Å². The lowest BCUT2D eigenvalue weighted by Gasteiger charge is -2.32. The molecule has 2 aromatic heterocycles. The lowest BCUT2D eigenvalue weighted by atomic mass is 9.90. The van der Waals surface area contributed by atoms with Crippen LogP contribution in [-0.4, -0.2) is 39.0 Å². The van der Waals surface area contributed by atoms with E-state index in [1.807, 2.05) is 19.9 Å². The average Bonchev–Trinajstić information content (AvgIpc) is 3.14. The van der Waals surface area contributed by atoms with Gasteiger partial charge in [-0.2, -0.15) is 0 Å². The number of rotatable bonds is 3. The van der Waals surface area contributed by atoms with Crippen LogP contribution in [0.5, 0.6) is 0 Å². The summed E-state index contributed by atoms with van der Waals surface area (Å²) in [6.07, 6.45) is 3.27. The minimum atomic E-state index is -0.482. The fourth-order valence-electron chi connectivity index (χ4n) is 3.64. The molecular formula is C21H21FN4O2. The van der Waals surface area contributed by atoms with Crippen LogP contribution in [0.4, 0.5) is 4.39 Å². The van der Waals surface area contributed by atoms with E-state index < -0.39 is 5.82 Å². The van der Waals surface area contributed by atoms with Gasteiger partial charge in [0, 0.05) is 31.3 Å². The molecule has 0 saturated carbocycles. The molecule has 1 aliphatic heterocycles. The SMILES string of the molecule is Cc1cc(-c2cnc(C)nc2C2CCN(C(=O)c3ccccc3F)CC2)on1. The average molecular weight is 380 g/mol. The van der Waals surface area contributed by atoms with Crippen LogP contribution in [0.3, 0.4) is 0 Å². The van der Waals surface area contributed by atoms with E-state index in [-0.39, 0.29) is 17.4 Å². The second-order valence-corrected chi connectivity index (χ2v) is 7.09. The Morgan fingerprint density at radius 1 is 1.21 bits per heavy atom. The summed E-state index contributed by atoms with van der Waals surface area (Å²) in [7, 11) is 0. The molecule has 0 unspecified atom stereocenters. The molecule has 0 aliphatic carbocycles. The van der Waals surface area contributed by atoms with Crippen LogP contribution in [0.25, 0.3) is 11.3 Å². The van der Waals surface area contributed by atoms with E-state index >= 15 is 0 Å². The summed E-state index contributed by atoms with van der Waals surface area (Å²) >= 11 is 0. The van der Waals surface area contributed by atoms with E-state index in [0.29, 0.717) is 24.7 Å². The summed E-state index contributed by atoms with van der Waals surface area (Å²) in [4.78, 5) is 23.3. The summed E-state index contributed by atoms with van der Waals surface area (Å²) in [5, 5.41) is 3.96. The largest absolute Gasteiger partial charge is 0.356 e. The van der Waals surface area contributed by atoms with Crippen LogP contribution in [0, 0.1) is 19.7 Å². The predicted molar refractivity (Wildman–Crippen MR) is 101 cm³/mol. The van der Waals surface area contributed by atoms with Gasteiger partial charge in [0.25, 0.3) is 5.91 Å². The molecule has 1 saturated heterocycles. The zero-order valence-electron chi connectivity index (χ0n) is 15.9. The Kier molecular flexibility index (Phi) is 4.90. The van der Waals surface area contributed by atoms with Crippen LogP contribution in [0.15, 0.2) is 41.1 Å². The highest BCUT2D eigenvalue weighted by Crippen LogP contribution is 2.34. The first-order chi connectivity index (χ1) is 13.5. The van der Waals surface area contributed by atoms with Gasteiger partial charge in [0.1, 0.15) is 11.6 Å². The molecule has 28 heavy (non-hydrogen) atoms.